The predicted molar refractivity (Wildman–Crippen MR) is 63.8 cm³/mol. The van der Waals surface area contributed by atoms with Gasteiger partial charge in [-0.25, -0.2) is 8.78 Å². The predicted octanol–water partition coefficient (Wildman–Crippen LogP) is 4.04. The van der Waals surface area contributed by atoms with Gasteiger partial charge in [0.1, 0.15) is 0 Å². The van der Waals surface area contributed by atoms with Crippen molar-refractivity contribution in [1.82, 2.24) is 0 Å². The molecule has 0 bridgehead atoms. The summed E-state index contributed by atoms with van der Waals surface area (Å²) in [4.78, 5) is 11.5. The van der Waals surface area contributed by atoms with Crippen LogP contribution < -0.4 is 0 Å². The van der Waals surface area contributed by atoms with Gasteiger partial charge in [-0.1, -0.05) is 6.07 Å². The summed E-state index contributed by atoms with van der Waals surface area (Å²) in [7, 11) is 0. The third-order valence-corrected chi connectivity index (χ3v) is 2.95. The summed E-state index contributed by atoms with van der Waals surface area (Å²) < 4.78 is 25.2. The molecule has 15 heavy (non-hydrogen) atoms. The van der Waals surface area contributed by atoms with Gasteiger partial charge in [-0.2, -0.15) is 0 Å². The lowest BCUT2D eigenvalue weighted by molar-refractivity contribution is 0.0987. The highest BCUT2D eigenvalue weighted by Gasteiger charge is 2.13. The van der Waals surface area contributed by atoms with E-state index in [1.807, 2.05) is 22.6 Å². The van der Waals surface area contributed by atoms with Gasteiger partial charge in [0.2, 0.25) is 0 Å². The number of carbonyl (C=O) groups excluding carboxylic acids is 1. The summed E-state index contributed by atoms with van der Waals surface area (Å²) in [5.41, 5.74) is 0.391. The number of Topliss-reactive ketones (excluding diaryl/α,β-unsaturated/α-hetero) is 1. The average Bonchev–Trinajstić information content (AvgIpc) is 2.17. The molecule has 0 fully saturated rings. The molecule has 0 aromatic heterocycles. The average molecular weight is 345 g/mol. The minimum absolute atomic E-state index is 0.0678. The van der Waals surface area contributed by atoms with Crippen LogP contribution in [0.1, 0.15) is 28.8 Å². The van der Waals surface area contributed by atoms with Crippen molar-refractivity contribution in [1.29, 1.82) is 0 Å². The number of hydrogen-bond acceptors (Lipinski definition) is 1. The SMILES string of the molecule is O=C(CCCl)c1ccc(C(F)F)cc1I. The second-order valence-electron chi connectivity index (χ2n) is 2.90. The molecule has 0 radical (unpaired) electrons. The standard InChI is InChI=1S/C10H8ClF2IO/c11-4-3-9(15)7-2-1-6(10(12)13)5-8(7)14/h1-2,5,10H,3-4H2. The molecule has 0 N–H and O–H groups in total. The summed E-state index contributed by atoms with van der Waals surface area (Å²) in [6, 6.07) is 4.03. The Bertz CT molecular complexity index is 368. The fraction of sp³-hybridized carbons (Fsp3) is 0.300. The number of alkyl halides is 3. The molecule has 0 heterocycles. The zero-order chi connectivity index (χ0) is 11.4. The van der Waals surface area contributed by atoms with Crippen LogP contribution >= 0.6 is 34.2 Å². The van der Waals surface area contributed by atoms with Gasteiger partial charge in [0.05, 0.1) is 0 Å². The zero-order valence-corrected chi connectivity index (χ0v) is 10.6. The van der Waals surface area contributed by atoms with E-state index < -0.39 is 6.43 Å². The Morgan fingerprint density at radius 1 is 1.47 bits per heavy atom. The van der Waals surface area contributed by atoms with Crippen LogP contribution in [-0.2, 0) is 0 Å². The topological polar surface area (TPSA) is 17.1 Å². The second-order valence-corrected chi connectivity index (χ2v) is 4.44. The van der Waals surface area contributed by atoms with Gasteiger partial charge in [-0.3, -0.25) is 4.79 Å². The minimum atomic E-state index is -2.50. The van der Waals surface area contributed by atoms with Crippen LogP contribution in [0.25, 0.3) is 0 Å². The minimum Gasteiger partial charge on any atom is -0.294 e. The Morgan fingerprint density at radius 2 is 2.13 bits per heavy atom. The molecule has 82 valence electrons. The summed E-state index contributed by atoms with van der Waals surface area (Å²) >= 11 is 7.31. The lowest BCUT2D eigenvalue weighted by Crippen LogP contribution is -2.03. The molecule has 1 nitrogen and oxygen atoms in total. The first-order valence-corrected chi connectivity index (χ1v) is 5.84. The number of hydrogen-bond donors (Lipinski definition) is 0. The highest BCUT2D eigenvalue weighted by Crippen LogP contribution is 2.23. The Labute approximate surface area is 105 Å². The van der Waals surface area contributed by atoms with Crippen LogP contribution in [0.4, 0.5) is 8.78 Å². The fourth-order valence-electron chi connectivity index (χ4n) is 1.11. The first kappa shape index (κ1) is 12.8. The summed E-state index contributed by atoms with van der Waals surface area (Å²) in [5, 5.41) is 0. The van der Waals surface area contributed by atoms with E-state index in [-0.39, 0.29) is 23.6 Å². The monoisotopic (exact) mass is 344 g/mol. The van der Waals surface area contributed by atoms with Crippen molar-refractivity contribution in [2.24, 2.45) is 0 Å². The third kappa shape index (κ3) is 3.38. The van der Waals surface area contributed by atoms with Crippen LogP contribution in [0.15, 0.2) is 18.2 Å². The Hall–Kier alpha value is -0.230. The number of ketones is 1. The molecule has 0 amide bonds. The normalized spacial score (nSPS) is 10.7. The van der Waals surface area contributed by atoms with Gasteiger partial charge in [0, 0.05) is 27.0 Å². The smallest absolute Gasteiger partial charge is 0.263 e. The molecule has 5 heteroatoms. The van der Waals surface area contributed by atoms with Crippen molar-refractivity contribution in [3.8, 4) is 0 Å². The Balaban J connectivity index is 2.98. The molecule has 0 saturated heterocycles. The van der Waals surface area contributed by atoms with E-state index in [0.717, 1.165) is 0 Å². The van der Waals surface area contributed by atoms with Crippen LogP contribution in [0.2, 0.25) is 0 Å². The van der Waals surface area contributed by atoms with Gasteiger partial charge in [0.25, 0.3) is 6.43 Å². The van der Waals surface area contributed by atoms with Gasteiger partial charge < -0.3 is 0 Å². The van der Waals surface area contributed by atoms with E-state index in [1.165, 1.54) is 18.2 Å². The van der Waals surface area contributed by atoms with Crippen molar-refractivity contribution in [2.45, 2.75) is 12.8 Å². The Morgan fingerprint density at radius 3 is 2.60 bits per heavy atom. The van der Waals surface area contributed by atoms with E-state index in [4.69, 9.17) is 11.6 Å². The van der Waals surface area contributed by atoms with E-state index in [9.17, 15) is 13.6 Å². The number of carbonyl (C=O) groups is 1. The summed E-state index contributed by atoms with van der Waals surface area (Å²) in [5.74, 6) is 0.126. The van der Waals surface area contributed by atoms with Gasteiger partial charge in [-0.05, 0) is 34.7 Å². The molecule has 0 aliphatic rings. The molecular formula is C10H8ClF2IO. The fourth-order valence-corrected chi connectivity index (χ4v) is 2.13. The van der Waals surface area contributed by atoms with E-state index in [0.29, 0.717) is 9.13 Å². The molecule has 0 saturated carbocycles. The molecule has 0 spiro atoms. The van der Waals surface area contributed by atoms with E-state index in [2.05, 4.69) is 0 Å². The number of halogens is 4. The van der Waals surface area contributed by atoms with Gasteiger partial charge in [-0.15, -0.1) is 11.6 Å². The number of rotatable bonds is 4. The molecule has 1 rings (SSSR count). The lowest BCUT2D eigenvalue weighted by Gasteiger charge is -2.05. The molecule has 0 unspecified atom stereocenters. The molecule has 1 aromatic rings. The molecular weight excluding hydrogens is 336 g/mol. The van der Waals surface area contributed by atoms with Crippen LogP contribution in [0.3, 0.4) is 0 Å². The van der Waals surface area contributed by atoms with Crippen molar-refractivity contribution in [3.63, 3.8) is 0 Å². The maximum Gasteiger partial charge on any atom is 0.263 e. The maximum atomic E-state index is 12.3. The second kappa shape index (κ2) is 5.75. The summed E-state index contributed by atoms with van der Waals surface area (Å²) in [6.45, 7) is 0. The largest absolute Gasteiger partial charge is 0.294 e. The van der Waals surface area contributed by atoms with Gasteiger partial charge in [0.15, 0.2) is 5.78 Å². The van der Waals surface area contributed by atoms with Gasteiger partial charge >= 0.3 is 0 Å². The van der Waals surface area contributed by atoms with E-state index in [1.54, 1.807) is 0 Å². The van der Waals surface area contributed by atoms with Crippen molar-refractivity contribution >= 4 is 40.0 Å². The molecule has 0 atom stereocenters. The van der Waals surface area contributed by atoms with Crippen molar-refractivity contribution in [3.05, 3.63) is 32.9 Å². The highest BCUT2D eigenvalue weighted by atomic mass is 127. The third-order valence-electron chi connectivity index (χ3n) is 1.87. The first-order chi connectivity index (χ1) is 7.06. The Kier molecular flexibility index (Phi) is 4.92. The van der Waals surface area contributed by atoms with Crippen LogP contribution in [0, 0.1) is 3.57 Å². The van der Waals surface area contributed by atoms with E-state index >= 15 is 0 Å². The molecule has 1 aromatic carbocycles. The molecule has 0 aliphatic carbocycles. The quantitative estimate of drug-likeness (QED) is 0.458. The zero-order valence-electron chi connectivity index (χ0n) is 7.64. The summed E-state index contributed by atoms with van der Waals surface area (Å²) in [6.07, 6.45) is -2.28. The lowest BCUT2D eigenvalue weighted by atomic mass is 10.1. The maximum absolute atomic E-state index is 12.3. The molecule has 0 aliphatic heterocycles. The number of benzene rings is 1. The van der Waals surface area contributed by atoms with Crippen molar-refractivity contribution < 1.29 is 13.6 Å². The highest BCUT2D eigenvalue weighted by molar-refractivity contribution is 14.1. The van der Waals surface area contributed by atoms with Crippen LogP contribution in [-0.4, -0.2) is 11.7 Å². The van der Waals surface area contributed by atoms with Crippen molar-refractivity contribution in [2.75, 3.05) is 5.88 Å². The first-order valence-electron chi connectivity index (χ1n) is 4.23. The van der Waals surface area contributed by atoms with Crippen LogP contribution in [0.5, 0.6) is 0 Å².